The number of hydrogen-bond acceptors (Lipinski definition) is 5. The Morgan fingerprint density at radius 3 is 3.00 bits per heavy atom. The van der Waals surface area contributed by atoms with Crippen molar-refractivity contribution in [3.05, 3.63) is 27.4 Å². The van der Waals surface area contributed by atoms with E-state index in [1.165, 1.54) is 0 Å². The summed E-state index contributed by atoms with van der Waals surface area (Å²) in [6.45, 7) is 0.407. The highest BCUT2D eigenvalue weighted by molar-refractivity contribution is 7.17. The first-order valence-electron chi connectivity index (χ1n) is 4.40. The molecule has 0 spiro atoms. The predicted molar refractivity (Wildman–Crippen MR) is 59.3 cm³/mol. The fourth-order valence-electron chi connectivity index (χ4n) is 1.12. The lowest BCUT2D eigenvalue weighted by molar-refractivity contribution is 0.0950. The molecule has 0 aromatic carbocycles. The quantitative estimate of drug-likeness (QED) is 0.885. The van der Waals surface area contributed by atoms with Crippen LogP contribution in [0.25, 0.3) is 0 Å². The van der Waals surface area contributed by atoms with E-state index >= 15 is 0 Å². The predicted octanol–water partition coefficient (Wildman–Crippen LogP) is 0.855. The normalized spacial score (nSPS) is 10.4. The van der Waals surface area contributed by atoms with Crippen LogP contribution in [0.15, 0.2) is 12.4 Å². The third kappa shape index (κ3) is 2.56. The van der Waals surface area contributed by atoms with Crippen molar-refractivity contribution in [1.29, 1.82) is 0 Å². The van der Waals surface area contributed by atoms with E-state index in [0.717, 1.165) is 16.9 Å². The zero-order chi connectivity index (χ0) is 11.5. The minimum atomic E-state index is -0.284. The van der Waals surface area contributed by atoms with Crippen molar-refractivity contribution >= 4 is 28.8 Å². The molecule has 0 saturated carbocycles. The lowest BCUT2D eigenvalue weighted by Crippen LogP contribution is -2.22. The molecule has 0 bridgehead atoms. The second kappa shape index (κ2) is 4.58. The monoisotopic (exact) mass is 257 g/mol. The van der Waals surface area contributed by atoms with Crippen molar-refractivity contribution in [3.8, 4) is 0 Å². The third-order valence-electron chi connectivity index (χ3n) is 1.81. The van der Waals surface area contributed by atoms with Crippen LogP contribution in [0, 0.1) is 0 Å². The number of aryl methyl sites for hydroxylation is 1. The number of nitrogens with zero attached hydrogens (tertiary/aromatic N) is 4. The Morgan fingerprint density at radius 1 is 1.62 bits per heavy atom. The summed E-state index contributed by atoms with van der Waals surface area (Å²) in [4.78, 5) is 11.5. The molecule has 84 valence electrons. The Hall–Kier alpha value is -1.47. The van der Waals surface area contributed by atoms with Gasteiger partial charge in [0.15, 0.2) is 0 Å². The van der Waals surface area contributed by atoms with Crippen LogP contribution in [0.3, 0.4) is 0 Å². The van der Waals surface area contributed by atoms with Crippen molar-refractivity contribution in [1.82, 2.24) is 25.3 Å². The summed E-state index contributed by atoms with van der Waals surface area (Å²) in [5, 5.41) is 14.1. The lowest BCUT2D eigenvalue weighted by atomic mass is 10.3. The van der Waals surface area contributed by atoms with E-state index in [9.17, 15) is 4.79 Å². The van der Waals surface area contributed by atoms with Gasteiger partial charge in [0.05, 0.1) is 6.20 Å². The number of nitrogens with one attached hydrogen (secondary N) is 1. The van der Waals surface area contributed by atoms with Gasteiger partial charge in [0.25, 0.3) is 5.91 Å². The van der Waals surface area contributed by atoms with Crippen LogP contribution in [-0.4, -0.2) is 25.9 Å². The maximum atomic E-state index is 11.5. The number of amides is 1. The number of carbonyl (C=O) groups excluding carboxylic acids is 1. The van der Waals surface area contributed by atoms with Crippen LogP contribution < -0.4 is 5.32 Å². The molecule has 2 rings (SSSR count). The van der Waals surface area contributed by atoms with Gasteiger partial charge in [-0.2, -0.15) is 5.10 Å². The first kappa shape index (κ1) is 11.0. The lowest BCUT2D eigenvalue weighted by Gasteiger charge is -1.98. The molecule has 6 nitrogen and oxygen atoms in total. The maximum Gasteiger partial charge on any atom is 0.282 e. The van der Waals surface area contributed by atoms with Gasteiger partial charge in [-0.15, -0.1) is 10.2 Å². The SMILES string of the molecule is Cn1cc(CNC(=O)c2nnc(Cl)s2)cn1. The van der Waals surface area contributed by atoms with Crippen LogP contribution in [0.1, 0.15) is 15.4 Å². The molecule has 0 fully saturated rings. The van der Waals surface area contributed by atoms with E-state index in [2.05, 4.69) is 20.6 Å². The number of hydrogen-bond donors (Lipinski definition) is 1. The molecule has 2 aromatic rings. The number of rotatable bonds is 3. The van der Waals surface area contributed by atoms with Gasteiger partial charge in [0.2, 0.25) is 9.47 Å². The van der Waals surface area contributed by atoms with E-state index in [0.29, 0.717) is 6.54 Å². The molecule has 0 unspecified atom stereocenters. The van der Waals surface area contributed by atoms with Gasteiger partial charge < -0.3 is 5.32 Å². The van der Waals surface area contributed by atoms with E-state index in [1.807, 2.05) is 13.2 Å². The fourth-order valence-corrected chi connectivity index (χ4v) is 1.86. The van der Waals surface area contributed by atoms with Gasteiger partial charge in [-0.3, -0.25) is 9.48 Å². The van der Waals surface area contributed by atoms with Crippen molar-refractivity contribution in [2.24, 2.45) is 7.05 Å². The topological polar surface area (TPSA) is 72.7 Å². The Morgan fingerprint density at radius 2 is 2.44 bits per heavy atom. The summed E-state index contributed by atoms with van der Waals surface area (Å²) in [5.74, 6) is -0.284. The van der Waals surface area contributed by atoms with Gasteiger partial charge in [0, 0.05) is 25.4 Å². The minimum absolute atomic E-state index is 0.256. The van der Waals surface area contributed by atoms with Crippen molar-refractivity contribution in [2.75, 3.05) is 0 Å². The number of carbonyl (C=O) groups is 1. The van der Waals surface area contributed by atoms with Crippen molar-refractivity contribution < 1.29 is 4.79 Å². The Kier molecular flexibility index (Phi) is 3.16. The molecule has 2 aromatic heterocycles. The third-order valence-corrected chi connectivity index (χ3v) is 2.82. The summed E-state index contributed by atoms with van der Waals surface area (Å²) in [6.07, 6.45) is 3.51. The number of aromatic nitrogens is 4. The highest BCUT2D eigenvalue weighted by atomic mass is 35.5. The molecular weight excluding hydrogens is 250 g/mol. The number of halogens is 1. The van der Waals surface area contributed by atoms with Gasteiger partial charge in [-0.05, 0) is 11.6 Å². The highest BCUT2D eigenvalue weighted by Gasteiger charge is 2.11. The minimum Gasteiger partial charge on any atom is -0.346 e. The van der Waals surface area contributed by atoms with Crippen LogP contribution in [0.5, 0.6) is 0 Å². The van der Waals surface area contributed by atoms with Gasteiger partial charge in [-0.25, -0.2) is 0 Å². The van der Waals surface area contributed by atoms with Gasteiger partial charge in [0.1, 0.15) is 0 Å². The molecular formula is C8H8ClN5OS. The van der Waals surface area contributed by atoms with E-state index < -0.39 is 0 Å². The molecule has 0 saturated heterocycles. The largest absolute Gasteiger partial charge is 0.346 e. The molecule has 16 heavy (non-hydrogen) atoms. The second-order valence-electron chi connectivity index (χ2n) is 3.07. The van der Waals surface area contributed by atoms with Gasteiger partial charge in [-0.1, -0.05) is 11.3 Å². The summed E-state index contributed by atoms with van der Waals surface area (Å²) < 4.78 is 1.93. The fraction of sp³-hybridized carbons (Fsp3) is 0.250. The molecule has 1 amide bonds. The molecule has 2 heterocycles. The molecule has 1 N–H and O–H groups in total. The van der Waals surface area contributed by atoms with E-state index in [1.54, 1.807) is 10.9 Å². The Labute approximate surface area is 100 Å². The molecule has 8 heteroatoms. The van der Waals surface area contributed by atoms with Crippen LogP contribution >= 0.6 is 22.9 Å². The smallest absolute Gasteiger partial charge is 0.282 e. The highest BCUT2D eigenvalue weighted by Crippen LogP contribution is 2.14. The molecule has 0 radical (unpaired) electrons. The molecule has 0 aliphatic carbocycles. The molecule has 0 aliphatic heterocycles. The standard InChI is InChI=1S/C8H8ClN5OS/c1-14-4-5(3-11-14)2-10-6(15)7-12-13-8(9)16-7/h3-4H,2H2,1H3,(H,10,15). The summed E-state index contributed by atoms with van der Waals surface area (Å²) in [5.41, 5.74) is 0.923. The van der Waals surface area contributed by atoms with E-state index in [4.69, 9.17) is 11.6 Å². The first-order chi connectivity index (χ1) is 7.65. The summed E-state index contributed by atoms with van der Waals surface area (Å²) >= 11 is 6.62. The average Bonchev–Trinajstić information content (AvgIpc) is 2.84. The average molecular weight is 258 g/mol. The summed E-state index contributed by atoms with van der Waals surface area (Å²) in [7, 11) is 1.82. The van der Waals surface area contributed by atoms with Crippen molar-refractivity contribution in [3.63, 3.8) is 0 Å². The molecule has 0 aliphatic rings. The maximum absolute atomic E-state index is 11.5. The molecule has 0 atom stereocenters. The first-order valence-corrected chi connectivity index (χ1v) is 5.59. The zero-order valence-corrected chi connectivity index (χ0v) is 9.92. The summed E-state index contributed by atoms with van der Waals surface area (Å²) in [6, 6.07) is 0. The zero-order valence-electron chi connectivity index (χ0n) is 8.35. The Bertz CT molecular complexity index is 508. The van der Waals surface area contributed by atoms with Crippen LogP contribution in [0.2, 0.25) is 4.47 Å². The van der Waals surface area contributed by atoms with Gasteiger partial charge >= 0.3 is 0 Å². The van der Waals surface area contributed by atoms with E-state index in [-0.39, 0.29) is 15.4 Å². The van der Waals surface area contributed by atoms with Crippen molar-refractivity contribution in [2.45, 2.75) is 6.54 Å². The second-order valence-corrected chi connectivity index (χ2v) is 4.62. The van der Waals surface area contributed by atoms with Crippen LogP contribution in [-0.2, 0) is 13.6 Å². The van der Waals surface area contributed by atoms with Crippen LogP contribution in [0.4, 0.5) is 0 Å². The Balaban J connectivity index is 1.93.